The minimum Gasteiger partial charge on any atom is -0.506 e. The molecule has 0 atom stereocenters. The lowest BCUT2D eigenvalue weighted by Gasteiger charge is -2.16. The molecule has 5 aromatic rings. The monoisotopic (exact) mass is 586 g/mol. The second kappa shape index (κ2) is 12.4. The first-order chi connectivity index (χ1) is 20.2. The SMILES string of the molecule is CCC.CCc1cc(-c2cc(=O)c3ccc(Nc4ncc5cc(C(C)=O)n(C6CCCC6)c5n4)cc3o2)cc(Cl)c1O. The summed E-state index contributed by atoms with van der Waals surface area (Å²) in [7, 11) is 0. The average molecular weight is 587 g/mol. The standard InChI is InChI=1S/C30H27ClN4O4.C3H8/c1-3-17-10-18(11-23(31)28(17)38)26-14-25(37)22-9-8-20(13-27(22)39-26)33-30-32-15-19-12-24(16(2)36)35(29(19)34-30)21-6-4-5-7-21;1-3-2/h8-15,21,38H,3-7H2,1-2H3,(H,32,33,34);3H2,1-2H3. The molecule has 1 fully saturated rings. The maximum absolute atomic E-state index is 12.9. The highest BCUT2D eigenvalue weighted by Crippen LogP contribution is 2.36. The zero-order valence-corrected chi connectivity index (χ0v) is 25.1. The highest BCUT2D eigenvalue weighted by atomic mass is 35.5. The van der Waals surface area contributed by atoms with Crippen LogP contribution >= 0.6 is 11.6 Å². The molecule has 6 rings (SSSR count). The highest BCUT2D eigenvalue weighted by Gasteiger charge is 2.24. The molecule has 0 amide bonds. The van der Waals surface area contributed by atoms with Gasteiger partial charge in [0.25, 0.3) is 0 Å². The number of halogens is 1. The van der Waals surface area contributed by atoms with Crippen molar-refractivity contribution < 1.29 is 14.3 Å². The number of nitrogens with zero attached hydrogens (tertiary/aromatic N) is 3. The summed E-state index contributed by atoms with van der Waals surface area (Å²) in [6.07, 6.45) is 7.87. The number of aromatic hydroxyl groups is 1. The van der Waals surface area contributed by atoms with E-state index in [0.29, 0.717) is 51.6 Å². The van der Waals surface area contributed by atoms with Crippen LogP contribution in [0.25, 0.3) is 33.3 Å². The fourth-order valence-corrected chi connectivity index (χ4v) is 5.68. The molecular weight excluding hydrogens is 552 g/mol. The van der Waals surface area contributed by atoms with Gasteiger partial charge in [-0.25, -0.2) is 4.98 Å². The second-order valence-corrected chi connectivity index (χ2v) is 11.1. The summed E-state index contributed by atoms with van der Waals surface area (Å²) >= 11 is 6.22. The van der Waals surface area contributed by atoms with E-state index in [4.69, 9.17) is 21.0 Å². The summed E-state index contributed by atoms with van der Waals surface area (Å²) in [5.74, 6) is 0.774. The van der Waals surface area contributed by atoms with Gasteiger partial charge in [-0.2, -0.15) is 4.98 Å². The van der Waals surface area contributed by atoms with Crippen LogP contribution in [0.2, 0.25) is 5.02 Å². The van der Waals surface area contributed by atoms with E-state index in [1.807, 2.05) is 13.0 Å². The Morgan fingerprint density at radius 2 is 1.86 bits per heavy atom. The van der Waals surface area contributed by atoms with Crippen LogP contribution in [-0.4, -0.2) is 25.4 Å². The summed E-state index contributed by atoms with van der Waals surface area (Å²) < 4.78 is 8.19. The van der Waals surface area contributed by atoms with E-state index < -0.39 is 0 Å². The summed E-state index contributed by atoms with van der Waals surface area (Å²) in [5.41, 5.74) is 3.50. The first-order valence-corrected chi connectivity index (χ1v) is 14.9. The van der Waals surface area contributed by atoms with Crippen molar-refractivity contribution in [3.8, 4) is 17.1 Å². The van der Waals surface area contributed by atoms with Gasteiger partial charge in [-0.1, -0.05) is 51.6 Å². The van der Waals surface area contributed by atoms with Gasteiger partial charge in [0.15, 0.2) is 11.2 Å². The first-order valence-electron chi connectivity index (χ1n) is 14.5. The molecule has 0 radical (unpaired) electrons. The third kappa shape index (κ3) is 5.77. The number of aryl methyl sites for hydroxylation is 1. The van der Waals surface area contributed by atoms with Crippen molar-refractivity contribution in [1.29, 1.82) is 0 Å². The van der Waals surface area contributed by atoms with Crippen LogP contribution in [0.4, 0.5) is 11.6 Å². The molecule has 1 saturated carbocycles. The van der Waals surface area contributed by atoms with Crippen LogP contribution in [0.1, 0.15) is 81.9 Å². The lowest BCUT2D eigenvalue weighted by molar-refractivity contribution is 0.100. The number of aromatic nitrogens is 3. The molecule has 0 bridgehead atoms. The Hall–Kier alpha value is -4.17. The molecule has 8 nitrogen and oxygen atoms in total. The quantitative estimate of drug-likeness (QED) is 0.192. The summed E-state index contributed by atoms with van der Waals surface area (Å²) in [6.45, 7) is 7.74. The van der Waals surface area contributed by atoms with Crippen molar-refractivity contribution in [2.24, 2.45) is 0 Å². The Labute approximate surface area is 249 Å². The van der Waals surface area contributed by atoms with Gasteiger partial charge in [-0.05, 0) is 55.2 Å². The number of nitrogens with one attached hydrogen (secondary N) is 1. The van der Waals surface area contributed by atoms with Crippen molar-refractivity contribution in [3.05, 3.63) is 75.2 Å². The van der Waals surface area contributed by atoms with E-state index in [9.17, 15) is 14.7 Å². The van der Waals surface area contributed by atoms with Gasteiger partial charge in [0.05, 0.1) is 16.1 Å². The van der Waals surface area contributed by atoms with Crippen molar-refractivity contribution in [2.75, 3.05) is 5.32 Å². The van der Waals surface area contributed by atoms with Gasteiger partial charge in [-0.3, -0.25) is 9.59 Å². The fourth-order valence-electron chi connectivity index (χ4n) is 5.44. The van der Waals surface area contributed by atoms with Crippen molar-refractivity contribution >= 4 is 51.0 Å². The normalized spacial score (nSPS) is 13.4. The molecule has 2 aromatic carbocycles. The fraction of sp³-hybridized carbons (Fsp3) is 0.333. The topological polar surface area (TPSA) is 110 Å². The van der Waals surface area contributed by atoms with Crippen LogP contribution in [0.15, 0.2) is 57.9 Å². The number of anilines is 2. The number of benzene rings is 2. The van der Waals surface area contributed by atoms with Gasteiger partial charge >= 0.3 is 0 Å². The number of hydrogen-bond acceptors (Lipinski definition) is 7. The second-order valence-electron chi connectivity index (χ2n) is 10.7. The Morgan fingerprint density at radius 3 is 2.55 bits per heavy atom. The van der Waals surface area contributed by atoms with Crippen LogP contribution in [-0.2, 0) is 6.42 Å². The number of carbonyl (C=O) groups excluding carboxylic acids is 1. The van der Waals surface area contributed by atoms with Crippen LogP contribution in [0, 0.1) is 0 Å². The molecule has 2 N–H and O–H groups in total. The Morgan fingerprint density at radius 1 is 1.12 bits per heavy atom. The number of Topliss-reactive ketones (excluding diaryl/α,β-unsaturated/α-hetero) is 1. The lowest BCUT2D eigenvalue weighted by Crippen LogP contribution is -2.12. The highest BCUT2D eigenvalue weighted by molar-refractivity contribution is 6.32. The Balaban J connectivity index is 0.00000113. The van der Waals surface area contributed by atoms with Gasteiger partial charge in [-0.15, -0.1) is 0 Å². The largest absolute Gasteiger partial charge is 0.506 e. The van der Waals surface area contributed by atoms with E-state index in [1.165, 1.54) is 12.5 Å². The maximum atomic E-state index is 12.9. The molecule has 3 aromatic heterocycles. The lowest BCUT2D eigenvalue weighted by atomic mass is 10.0. The average Bonchev–Trinajstić information content (AvgIpc) is 3.62. The number of phenolic OH excluding ortho intramolecular Hbond substituents is 1. The third-order valence-electron chi connectivity index (χ3n) is 7.42. The van der Waals surface area contributed by atoms with E-state index in [2.05, 4.69) is 28.7 Å². The molecule has 0 unspecified atom stereocenters. The predicted molar refractivity (Wildman–Crippen MR) is 168 cm³/mol. The number of ketones is 1. The minimum atomic E-state index is -0.191. The van der Waals surface area contributed by atoms with Gasteiger partial charge < -0.3 is 19.4 Å². The third-order valence-corrected chi connectivity index (χ3v) is 7.71. The maximum Gasteiger partial charge on any atom is 0.229 e. The molecule has 42 heavy (non-hydrogen) atoms. The van der Waals surface area contributed by atoms with Crippen LogP contribution < -0.4 is 10.7 Å². The van der Waals surface area contributed by atoms with Gasteiger partial charge in [0, 0.05) is 47.9 Å². The summed E-state index contributed by atoms with van der Waals surface area (Å²) in [5, 5.41) is 14.9. The number of rotatable bonds is 6. The number of fused-ring (bicyclic) bond motifs is 2. The van der Waals surface area contributed by atoms with E-state index in [-0.39, 0.29) is 28.0 Å². The zero-order valence-electron chi connectivity index (χ0n) is 24.3. The van der Waals surface area contributed by atoms with Crippen LogP contribution in [0.5, 0.6) is 5.75 Å². The molecule has 0 saturated heterocycles. The molecule has 1 aliphatic carbocycles. The van der Waals surface area contributed by atoms with E-state index in [0.717, 1.165) is 36.7 Å². The van der Waals surface area contributed by atoms with Crippen molar-refractivity contribution in [2.45, 2.75) is 72.3 Å². The molecule has 0 aliphatic heterocycles. The molecule has 1 aliphatic rings. The molecular formula is C33H35ClN4O4. The smallest absolute Gasteiger partial charge is 0.229 e. The summed E-state index contributed by atoms with van der Waals surface area (Å²) in [6, 6.07) is 12.1. The van der Waals surface area contributed by atoms with Crippen molar-refractivity contribution in [1.82, 2.24) is 14.5 Å². The minimum absolute atomic E-state index is 0.00995. The zero-order chi connectivity index (χ0) is 30.0. The predicted octanol–water partition coefficient (Wildman–Crippen LogP) is 8.60. The van der Waals surface area contributed by atoms with Gasteiger partial charge in [0.1, 0.15) is 22.7 Å². The summed E-state index contributed by atoms with van der Waals surface area (Å²) in [4.78, 5) is 34.5. The van der Waals surface area contributed by atoms with Crippen molar-refractivity contribution in [3.63, 3.8) is 0 Å². The number of phenols is 1. The Kier molecular flexibility index (Phi) is 8.64. The van der Waals surface area contributed by atoms with E-state index >= 15 is 0 Å². The van der Waals surface area contributed by atoms with Crippen LogP contribution in [0.3, 0.4) is 0 Å². The number of carbonyl (C=O) groups is 1. The first kappa shape index (κ1) is 29.3. The molecule has 9 heteroatoms. The Bertz CT molecular complexity index is 1840. The molecule has 3 heterocycles. The van der Waals surface area contributed by atoms with Gasteiger partial charge in [0.2, 0.25) is 5.95 Å². The van der Waals surface area contributed by atoms with E-state index in [1.54, 1.807) is 43.5 Å². The molecule has 218 valence electrons. The molecule has 0 spiro atoms. The number of hydrogen-bond donors (Lipinski definition) is 2.